The summed E-state index contributed by atoms with van der Waals surface area (Å²) in [7, 11) is 3.19. The maximum absolute atomic E-state index is 12.4. The zero-order valence-electron chi connectivity index (χ0n) is 18.3. The largest absolute Gasteiger partial charge is 0.497 e. The van der Waals surface area contributed by atoms with Gasteiger partial charge in [-0.25, -0.2) is 0 Å². The molecule has 1 N–H and O–H groups in total. The van der Waals surface area contributed by atoms with Crippen molar-refractivity contribution in [2.45, 2.75) is 6.42 Å². The van der Waals surface area contributed by atoms with Gasteiger partial charge in [0.25, 0.3) is 0 Å². The van der Waals surface area contributed by atoms with E-state index in [2.05, 4.69) is 51.5 Å². The fraction of sp³-hybridized carbons (Fsp3) is 0.375. The highest BCUT2D eigenvalue weighted by atomic mass is 35.5. The first kappa shape index (κ1) is 24.7. The molecule has 0 spiro atoms. The number of benzene rings is 2. The number of nitrogens with zero attached hydrogens (tertiary/aromatic N) is 2. The average Bonchev–Trinajstić information content (AvgIpc) is 2.79. The van der Waals surface area contributed by atoms with Crippen molar-refractivity contribution < 1.29 is 14.3 Å². The van der Waals surface area contributed by atoms with Crippen LogP contribution < -0.4 is 14.8 Å². The molecular weight excluding hydrogens is 414 g/mol. The number of rotatable bonds is 9. The van der Waals surface area contributed by atoms with E-state index in [4.69, 9.17) is 9.47 Å². The molecule has 2 aromatic rings. The second-order valence-electron chi connectivity index (χ2n) is 7.32. The van der Waals surface area contributed by atoms with Crippen molar-refractivity contribution in [2.24, 2.45) is 0 Å². The van der Waals surface area contributed by atoms with E-state index in [-0.39, 0.29) is 18.3 Å². The van der Waals surface area contributed by atoms with E-state index in [0.717, 1.165) is 39.3 Å². The second-order valence-corrected chi connectivity index (χ2v) is 7.32. The van der Waals surface area contributed by atoms with E-state index in [1.807, 2.05) is 12.1 Å². The Balaban J connectivity index is 0.00000341. The van der Waals surface area contributed by atoms with Crippen LogP contribution in [0.1, 0.15) is 12.0 Å². The number of anilines is 1. The molecule has 2 aromatic carbocycles. The third kappa shape index (κ3) is 7.90. The van der Waals surface area contributed by atoms with Gasteiger partial charge in [-0.05, 0) is 17.7 Å². The fourth-order valence-electron chi connectivity index (χ4n) is 3.48. The number of nitrogens with one attached hydrogen (secondary N) is 1. The van der Waals surface area contributed by atoms with Crippen molar-refractivity contribution in [1.82, 2.24) is 9.80 Å². The number of piperazine rings is 1. The highest BCUT2D eigenvalue weighted by Gasteiger charge is 2.17. The molecule has 0 bridgehead atoms. The lowest BCUT2D eigenvalue weighted by Crippen LogP contribution is -2.46. The minimum Gasteiger partial charge on any atom is -0.497 e. The van der Waals surface area contributed by atoms with E-state index in [1.165, 1.54) is 5.56 Å². The van der Waals surface area contributed by atoms with Crippen LogP contribution in [0.4, 0.5) is 5.69 Å². The molecule has 0 atom stereocenters. The molecule has 1 aliphatic rings. The molecule has 31 heavy (non-hydrogen) atoms. The third-order valence-corrected chi connectivity index (χ3v) is 5.27. The summed E-state index contributed by atoms with van der Waals surface area (Å²) in [6.07, 6.45) is 4.85. The lowest BCUT2D eigenvalue weighted by atomic mass is 10.2. The Kier molecular flexibility index (Phi) is 10.4. The predicted octanol–water partition coefficient (Wildman–Crippen LogP) is 3.79. The molecule has 6 nitrogen and oxygen atoms in total. The summed E-state index contributed by atoms with van der Waals surface area (Å²) in [6.45, 7) is 5.71. The maximum atomic E-state index is 12.4. The minimum atomic E-state index is -0.0187. The molecule has 1 amide bonds. The molecule has 7 heteroatoms. The molecule has 1 fully saturated rings. The summed E-state index contributed by atoms with van der Waals surface area (Å²) in [5.74, 6) is 1.29. The van der Waals surface area contributed by atoms with Crippen LogP contribution in [-0.2, 0) is 4.79 Å². The van der Waals surface area contributed by atoms with Gasteiger partial charge in [-0.2, -0.15) is 0 Å². The van der Waals surface area contributed by atoms with Crippen LogP contribution in [0.15, 0.2) is 54.6 Å². The van der Waals surface area contributed by atoms with Crippen LogP contribution in [0.25, 0.3) is 6.08 Å². The highest BCUT2D eigenvalue weighted by Crippen LogP contribution is 2.28. The Bertz CT molecular complexity index is 837. The zero-order chi connectivity index (χ0) is 21.2. The Labute approximate surface area is 191 Å². The number of halogens is 1. The Morgan fingerprint density at radius 2 is 1.71 bits per heavy atom. The first-order valence-corrected chi connectivity index (χ1v) is 10.4. The molecule has 0 radical (unpaired) electrons. The molecule has 3 rings (SSSR count). The average molecular weight is 446 g/mol. The zero-order valence-corrected chi connectivity index (χ0v) is 19.1. The monoisotopic (exact) mass is 445 g/mol. The lowest BCUT2D eigenvalue weighted by Gasteiger charge is -2.34. The van der Waals surface area contributed by atoms with E-state index in [1.54, 1.807) is 26.4 Å². The predicted molar refractivity (Wildman–Crippen MR) is 128 cm³/mol. The number of hydrogen-bond acceptors (Lipinski definition) is 5. The summed E-state index contributed by atoms with van der Waals surface area (Å²) >= 11 is 0. The van der Waals surface area contributed by atoms with E-state index < -0.39 is 0 Å². The van der Waals surface area contributed by atoms with Crippen LogP contribution in [0.5, 0.6) is 11.5 Å². The first-order chi connectivity index (χ1) is 14.7. The van der Waals surface area contributed by atoms with Gasteiger partial charge in [-0.3, -0.25) is 9.69 Å². The summed E-state index contributed by atoms with van der Waals surface area (Å²) in [5.41, 5.74) is 1.87. The number of carbonyl (C=O) groups excluding carboxylic acids is 1. The van der Waals surface area contributed by atoms with Crippen LogP contribution in [0.3, 0.4) is 0 Å². The number of carbonyl (C=O) groups is 1. The first-order valence-electron chi connectivity index (χ1n) is 10.4. The van der Waals surface area contributed by atoms with Crippen LogP contribution in [0, 0.1) is 0 Å². The van der Waals surface area contributed by atoms with Gasteiger partial charge < -0.3 is 19.7 Å². The van der Waals surface area contributed by atoms with E-state index >= 15 is 0 Å². The molecule has 168 valence electrons. The molecule has 1 heterocycles. The van der Waals surface area contributed by atoms with E-state index in [0.29, 0.717) is 23.6 Å². The van der Waals surface area contributed by atoms with Crippen molar-refractivity contribution in [3.05, 3.63) is 60.2 Å². The number of amides is 1. The third-order valence-electron chi connectivity index (χ3n) is 5.27. The molecule has 0 aromatic heterocycles. The van der Waals surface area contributed by atoms with Gasteiger partial charge in [0, 0.05) is 51.8 Å². The van der Waals surface area contributed by atoms with Crippen LogP contribution in [-0.4, -0.2) is 69.2 Å². The SMILES string of the molecule is COc1ccc(OC)c(NC(=O)CCN2CCN(CC=Cc3ccccc3)CC2)c1.Cl. The highest BCUT2D eigenvalue weighted by molar-refractivity contribution is 5.92. The summed E-state index contributed by atoms with van der Waals surface area (Å²) in [5, 5.41) is 2.94. The van der Waals surface area contributed by atoms with Gasteiger partial charge in [-0.1, -0.05) is 42.5 Å². The second kappa shape index (κ2) is 13.0. The van der Waals surface area contributed by atoms with Gasteiger partial charge in [0.05, 0.1) is 19.9 Å². The normalized spacial score (nSPS) is 14.8. The molecule has 0 saturated carbocycles. The topological polar surface area (TPSA) is 54.0 Å². The summed E-state index contributed by atoms with van der Waals surface area (Å²) in [4.78, 5) is 17.2. The minimum absolute atomic E-state index is 0. The van der Waals surface area contributed by atoms with Crippen molar-refractivity contribution in [3.8, 4) is 11.5 Å². The van der Waals surface area contributed by atoms with Crippen LogP contribution in [0.2, 0.25) is 0 Å². The Morgan fingerprint density at radius 3 is 2.39 bits per heavy atom. The van der Waals surface area contributed by atoms with Gasteiger partial charge in [0.2, 0.25) is 5.91 Å². The molecule has 1 saturated heterocycles. The van der Waals surface area contributed by atoms with Gasteiger partial charge in [0.15, 0.2) is 0 Å². The van der Waals surface area contributed by atoms with Crippen LogP contribution >= 0.6 is 12.4 Å². The number of ether oxygens (including phenoxy) is 2. The van der Waals surface area contributed by atoms with Crippen molar-refractivity contribution in [1.29, 1.82) is 0 Å². The smallest absolute Gasteiger partial charge is 0.225 e. The van der Waals surface area contributed by atoms with Gasteiger partial charge in [0.1, 0.15) is 11.5 Å². The Morgan fingerprint density at radius 1 is 1.00 bits per heavy atom. The summed E-state index contributed by atoms with van der Waals surface area (Å²) in [6, 6.07) is 15.7. The molecule has 0 unspecified atom stereocenters. The lowest BCUT2D eigenvalue weighted by molar-refractivity contribution is -0.116. The van der Waals surface area contributed by atoms with Gasteiger partial charge >= 0.3 is 0 Å². The molecular formula is C24H32ClN3O3. The maximum Gasteiger partial charge on any atom is 0.225 e. The summed E-state index contributed by atoms with van der Waals surface area (Å²) < 4.78 is 10.6. The number of methoxy groups -OCH3 is 2. The quantitative estimate of drug-likeness (QED) is 0.636. The van der Waals surface area contributed by atoms with Crippen molar-refractivity contribution in [2.75, 3.05) is 58.8 Å². The van der Waals surface area contributed by atoms with Gasteiger partial charge in [-0.15, -0.1) is 12.4 Å². The standard InChI is InChI=1S/C24H31N3O3.ClH/c1-29-21-10-11-23(30-2)22(19-21)25-24(28)12-14-27-17-15-26(16-18-27)13-6-9-20-7-4-3-5-8-20;/h3-11,19H,12-18H2,1-2H3,(H,25,28);1H. The Hall–Kier alpha value is -2.54. The van der Waals surface area contributed by atoms with Crippen molar-refractivity contribution >= 4 is 30.1 Å². The fourth-order valence-corrected chi connectivity index (χ4v) is 3.48. The van der Waals surface area contributed by atoms with Crippen molar-refractivity contribution in [3.63, 3.8) is 0 Å². The van der Waals surface area contributed by atoms with E-state index in [9.17, 15) is 4.79 Å². The molecule has 1 aliphatic heterocycles. The molecule has 0 aliphatic carbocycles. The number of hydrogen-bond donors (Lipinski definition) is 1.